The summed E-state index contributed by atoms with van der Waals surface area (Å²) in [5.41, 5.74) is 2.31. The number of nitrogens with one attached hydrogen (secondary N) is 1. The first-order chi connectivity index (χ1) is 17.0. The molecule has 9 heteroatoms. The van der Waals surface area contributed by atoms with Gasteiger partial charge in [0.15, 0.2) is 5.11 Å². The maximum atomic E-state index is 13.3. The fourth-order valence-corrected chi connectivity index (χ4v) is 4.52. The van der Waals surface area contributed by atoms with E-state index in [0.29, 0.717) is 42.7 Å². The summed E-state index contributed by atoms with van der Waals surface area (Å²) in [4.78, 5) is 28.4. The number of nitrogens with zero attached hydrogens (tertiary/aromatic N) is 3. The molecular formula is C26H26N4O4S. The molecule has 1 saturated heterocycles. The topological polar surface area (TPSA) is 88.0 Å². The monoisotopic (exact) mass is 490 g/mol. The summed E-state index contributed by atoms with van der Waals surface area (Å²) in [7, 11) is 1.48. The number of hydrogen-bond donors (Lipinski definition) is 1. The number of piperazine rings is 1. The van der Waals surface area contributed by atoms with Gasteiger partial charge in [-0.3, -0.25) is 14.9 Å². The lowest BCUT2D eigenvalue weighted by molar-refractivity contribution is -0.384. The Labute approximate surface area is 209 Å². The lowest BCUT2D eigenvalue weighted by Crippen LogP contribution is -2.53. The number of hydrogen-bond acceptors (Lipinski definition) is 6. The van der Waals surface area contributed by atoms with Crippen molar-refractivity contribution in [2.75, 3.05) is 38.2 Å². The number of anilines is 1. The summed E-state index contributed by atoms with van der Waals surface area (Å²) in [6.07, 6.45) is 0. The van der Waals surface area contributed by atoms with Gasteiger partial charge >= 0.3 is 0 Å². The zero-order valence-corrected chi connectivity index (χ0v) is 20.1. The van der Waals surface area contributed by atoms with E-state index in [1.54, 1.807) is 12.1 Å². The highest BCUT2D eigenvalue weighted by atomic mass is 32.1. The zero-order chi connectivity index (χ0) is 24.8. The van der Waals surface area contributed by atoms with Gasteiger partial charge in [-0.15, -0.1) is 0 Å². The van der Waals surface area contributed by atoms with Crippen LogP contribution in [0.4, 0.5) is 11.4 Å². The highest BCUT2D eigenvalue weighted by molar-refractivity contribution is 7.80. The minimum atomic E-state index is -0.487. The lowest BCUT2D eigenvalue weighted by atomic mass is 9.90. The molecule has 1 aliphatic heterocycles. The van der Waals surface area contributed by atoms with Crippen molar-refractivity contribution < 1.29 is 14.5 Å². The third-order valence-electron chi connectivity index (χ3n) is 6.04. The summed E-state index contributed by atoms with van der Waals surface area (Å²) >= 11 is 5.58. The average Bonchev–Trinajstić information content (AvgIpc) is 2.89. The van der Waals surface area contributed by atoms with Gasteiger partial charge in [0, 0.05) is 26.2 Å². The second-order valence-corrected chi connectivity index (χ2v) is 8.52. The van der Waals surface area contributed by atoms with E-state index in [1.165, 1.54) is 13.2 Å². The predicted octanol–water partition coefficient (Wildman–Crippen LogP) is 3.96. The molecule has 0 radical (unpaired) electrons. The molecule has 1 aliphatic rings. The highest BCUT2D eigenvalue weighted by Crippen LogP contribution is 2.32. The molecule has 0 bridgehead atoms. The first-order valence-corrected chi connectivity index (χ1v) is 11.7. The fourth-order valence-electron chi connectivity index (χ4n) is 4.24. The number of amides is 1. The Balaban J connectivity index is 1.43. The van der Waals surface area contributed by atoms with Crippen LogP contribution in [0.2, 0.25) is 0 Å². The molecule has 0 aromatic heterocycles. The molecule has 1 amide bonds. The average molecular weight is 491 g/mol. The lowest BCUT2D eigenvalue weighted by Gasteiger charge is -2.37. The van der Waals surface area contributed by atoms with Crippen LogP contribution in [-0.4, -0.2) is 54.1 Å². The molecule has 35 heavy (non-hydrogen) atoms. The second-order valence-electron chi connectivity index (χ2n) is 8.13. The van der Waals surface area contributed by atoms with Crippen LogP contribution >= 0.6 is 12.2 Å². The first-order valence-electron chi connectivity index (χ1n) is 11.2. The van der Waals surface area contributed by atoms with Gasteiger partial charge in [-0.1, -0.05) is 60.7 Å². The fraction of sp³-hybridized carbons (Fsp3) is 0.231. The van der Waals surface area contributed by atoms with Gasteiger partial charge in [-0.25, -0.2) is 0 Å². The Morgan fingerprint density at radius 2 is 1.54 bits per heavy atom. The molecule has 1 N–H and O–H groups in total. The minimum absolute atomic E-state index is 0.00208. The van der Waals surface area contributed by atoms with Crippen molar-refractivity contribution >= 4 is 34.6 Å². The van der Waals surface area contributed by atoms with Gasteiger partial charge in [-0.05, 0) is 35.5 Å². The van der Waals surface area contributed by atoms with Crippen LogP contribution in [0, 0.1) is 10.1 Å². The van der Waals surface area contributed by atoms with Gasteiger partial charge in [0.1, 0.15) is 11.4 Å². The Morgan fingerprint density at radius 3 is 2.06 bits per heavy atom. The quantitative estimate of drug-likeness (QED) is 0.318. The van der Waals surface area contributed by atoms with E-state index < -0.39 is 10.8 Å². The number of ether oxygens (including phenoxy) is 1. The molecule has 3 aromatic rings. The van der Waals surface area contributed by atoms with Crippen molar-refractivity contribution in [1.29, 1.82) is 0 Å². The maximum Gasteiger partial charge on any atom is 0.296 e. The third-order valence-corrected chi connectivity index (χ3v) is 6.41. The van der Waals surface area contributed by atoms with Crippen LogP contribution in [0.25, 0.3) is 0 Å². The Morgan fingerprint density at radius 1 is 0.971 bits per heavy atom. The summed E-state index contributed by atoms with van der Waals surface area (Å²) in [6.45, 7) is 2.13. The summed E-state index contributed by atoms with van der Waals surface area (Å²) in [5, 5.41) is 14.8. The minimum Gasteiger partial charge on any atom is -0.496 e. The van der Waals surface area contributed by atoms with Crippen LogP contribution in [0.15, 0.2) is 78.9 Å². The summed E-state index contributed by atoms with van der Waals surface area (Å²) in [6, 6.07) is 24.1. The van der Waals surface area contributed by atoms with Gasteiger partial charge < -0.3 is 19.9 Å². The Hall–Kier alpha value is -3.98. The number of nitro groups is 1. The molecule has 180 valence electrons. The van der Waals surface area contributed by atoms with E-state index in [9.17, 15) is 14.9 Å². The molecule has 1 fully saturated rings. The maximum absolute atomic E-state index is 13.3. The van der Waals surface area contributed by atoms with E-state index in [0.717, 1.165) is 11.1 Å². The second kappa shape index (κ2) is 11.0. The summed E-state index contributed by atoms with van der Waals surface area (Å²) < 4.78 is 5.13. The largest absolute Gasteiger partial charge is 0.496 e. The van der Waals surface area contributed by atoms with Crippen molar-refractivity contribution in [1.82, 2.24) is 10.2 Å². The van der Waals surface area contributed by atoms with Crippen LogP contribution in [0.5, 0.6) is 5.75 Å². The number of carbonyl (C=O) groups excluding carboxylic acids is 1. The molecule has 3 aromatic carbocycles. The van der Waals surface area contributed by atoms with Crippen molar-refractivity contribution in [2.24, 2.45) is 0 Å². The molecule has 4 rings (SSSR count). The van der Waals surface area contributed by atoms with Gasteiger partial charge in [0.05, 0.1) is 24.0 Å². The standard InChI is InChI=1S/C26H26N4O4S/c1-34-21-12-13-22(23(18-21)30(32)33)28-14-16-29(17-15-28)26(35)27-25(31)24(19-8-4-2-5-9-19)20-10-6-3-7-11-20/h2-13,18,24H,14-17H2,1H3,(H,27,31,35). The Kier molecular flexibility index (Phi) is 7.57. The molecule has 0 saturated carbocycles. The number of rotatable bonds is 6. The molecule has 0 atom stereocenters. The number of carbonyl (C=O) groups is 1. The van der Waals surface area contributed by atoms with Crippen LogP contribution in [-0.2, 0) is 4.79 Å². The van der Waals surface area contributed by atoms with Crippen molar-refractivity contribution in [3.63, 3.8) is 0 Å². The smallest absolute Gasteiger partial charge is 0.296 e. The van der Waals surface area contributed by atoms with Crippen LogP contribution < -0.4 is 15.0 Å². The van der Waals surface area contributed by atoms with Crippen molar-refractivity contribution in [2.45, 2.75) is 5.92 Å². The molecule has 0 unspecified atom stereocenters. The predicted molar refractivity (Wildman–Crippen MR) is 139 cm³/mol. The van der Waals surface area contributed by atoms with E-state index in [1.807, 2.05) is 70.5 Å². The number of nitro benzene ring substituents is 1. The van der Waals surface area contributed by atoms with Gasteiger partial charge in [0.25, 0.3) is 5.69 Å². The SMILES string of the molecule is COc1ccc(N2CCN(C(=S)NC(=O)C(c3ccccc3)c3ccccc3)CC2)c([N+](=O)[O-])c1. The molecule has 0 aliphatic carbocycles. The van der Waals surface area contributed by atoms with E-state index >= 15 is 0 Å². The third kappa shape index (κ3) is 5.58. The highest BCUT2D eigenvalue weighted by Gasteiger charge is 2.28. The first kappa shape index (κ1) is 24.2. The van der Waals surface area contributed by atoms with Crippen molar-refractivity contribution in [3.8, 4) is 5.75 Å². The van der Waals surface area contributed by atoms with E-state index in [-0.39, 0.29) is 11.6 Å². The van der Waals surface area contributed by atoms with E-state index in [4.69, 9.17) is 17.0 Å². The number of methoxy groups -OCH3 is 1. The van der Waals surface area contributed by atoms with Crippen LogP contribution in [0.1, 0.15) is 17.0 Å². The van der Waals surface area contributed by atoms with E-state index in [2.05, 4.69) is 5.32 Å². The summed E-state index contributed by atoms with van der Waals surface area (Å²) in [5.74, 6) is -0.242. The number of benzene rings is 3. The van der Waals surface area contributed by atoms with Crippen LogP contribution in [0.3, 0.4) is 0 Å². The molecule has 1 heterocycles. The Bertz CT molecular complexity index is 1160. The molecular weight excluding hydrogens is 464 g/mol. The molecule has 0 spiro atoms. The number of thiocarbonyl (C=S) groups is 1. The van der Waals surface area contributed by atoms with Gasteiger partial charge in [-0.2, -0.15) is 0 Å². The van der Waals surface area contributed by atoms with Crippen molar-refractivity contribution in [3.05, 3.63) is 100 Å². The van der Waals surface area contributed by atoms with Gasteiger partial charge in [0.2, 0.25) is 5.91 Å². The normalized spacial score (nSPS) is 13.4. The zero-order valence-electron chi connectivity index (χ0n) is 19.3. The molecule has 8 nitrogen and oxygen atoms in total.